The van der Waals surface area contributed by atoms with E-state index in [1.54, 1.807) is 27.2 Å². The zero-order chi connectivity index (χ0) is 16.8. The van der Waals surface area contributed by atoms with Crippen molar-refractivity contribution in [2.75, 3.05) is 40.3 Å². The van der Waals surface area contributed by atoms with Crippen LogP contribution in [0.5, 0.6) is 0 Å². The molecule has 0 spiro atoms. The van der Waals surface area contributed by atoms with Gasteiger partial charge in [-0.2, -0.15) is 0 Å². The van der Waals surface area contributed by atoms with Crippen LogP contribution in [-0.2, 0) is 9.59 Å². The Morgan fingerprint density at radius 1 is 1.50 bits per heavy atom. The molecule has 0 aromatic carbocycles. The van der Waals surface area contributed by atoms with Gasteiger partial charge in [0.15, 0.2) is 0 Å². The average Bonchev–Trinajstić information content (AvgIpc) is 2.55. The Balaban J connectivity index is 0.00000288. The molecule has 2 atom stereocenters. The Morgan fingerprint density at radius 2 is 2.25 bits per heavy atom. The van der Waals surface area contributed by atoms with Crippen LogP contribution in [0.15, 0.2) is 24.5 Å². The highest BCUT2D eigenvalue weighted by atomic mass is 35.5. The Labute approximate surface area is 149 Å². The Hall–Kier alpha value is -1.70. The maximum absolute atomic E-state index is 12.3. The van der Waals surface area contributed by atoms with Gasteiger partial charge in [-0.05, 0) is 18.6 Å². The fourth-order valence-electron chi connectivity index (χ4n) is 2.76. The van der Waals surface area contributed by atoms with E-state index in [9.17, 15) is 9.59 Å². The first kappa shape index (κ1) is 20.3. The van der Waals surface area contributed by atoms with Crippen LogP contribution >= 0.6 is 12.4 Å². The molecule has 0 saturated carbocycles. The van der Waals surface area contributed by atoms with E-state index in [0.717, 1.165) is 25.2 Å². The maximum Gasteiger partial charge on any atom is 0.244 e. The van der Waals surface area contributed by atoms with Gasteiger partial charge in [0.05, 0.1) is 6.54 Å². The molecule has 1 aromatic heterocycles. The Morgan fingerprint density at radius 3 is 2.88 bits per heavy atom. The number of piperazine rings is 1. The van der Waals surface area contributed by atoms with Crippen LogP contribution in [-0.4, -0.2) is 72.9 Å². The van der Waals surface area contributed by atoms with E-state index < -0.39 is 6.04 Å². The van der Waals surface area contributed by atoms with Crippen molar-refractivity contribution in [3.05, 3.63) is 30.1 Å². The van der Waals surface area contributed by atoms with Gasteiger partial charge >= 0.3 is 0 Å². The lowest BCUT2D eigenvalue weighted by Gasteiger charge is -2.36. The second kappa shape index (κ2) is 9.56. The molecule has 1 fully saturated rings. The van der Waals surface area contributed by atoms with Gasteiger partial charge in [-0.15, -0.1) is 12.4 Å². The highest BCUT2D eigenvalue weighted by Crippen LogP contribution is 2.20. The molecule has 2 rings (SSSR count). The van der Waals surface area contributed by atoms with E-state index in [1.807, 2.05) is 18.3 Å². The summed E-state index contributed by atoms with van der Waals surface area (Å²) in [6.07, 6.45) is 3.58. The van der Waals surface area contributed by atoms with Gasteiger partial charge in [-0.3, -0.25) is 19.5 Å². The van der Waals surface area contributed by atoms with E-state index >= 15 is 0 Å². The van der Waals surface area contributed by atoms with Crippen LogP contribution in [0.2, 0.25) is 0 Å². The summed E-state index contributed by atoms with van der Waals surface area (Å²) >= 11 is 0. The summed E-state index contributed by atoms with van der Waals surface area (Å²) in [7, 11) is 3.36. The fourth-order valence-corrected chi connectivity index (χ4v) is 2.76. The molecule has 7 nitrogen and oxygen atoms in total. The number of hydrogen-bond donors (Lipinski definition) is 2. The molecule has 2 N–H and O–H groups in total. The summed E-state index contributed by atoms with van der Waals surface area (Å²) < 4.78 is 0. The lowest BCUT2D eigenvalue weighted by atomic mass is 10.1. The zero-order valence-corrected chi connectivity index (χ0v) is 15.2. The molecule has 24 heavy (non-hydrogen) atoms. The number of amides is 2. The first-order valence-electron chi connectivity index (χ1n) is 7.84. The van der Waals surface area contributed by atoms with Crippen molar-refractivity contribution >= 4 is 24.2 Å². The van der Waals surface area contributed by atoms with E-state index in [1.165, 1.54) is 4.90 Å². The largest absolute Gasteiger partial charge is 0.347 e. The lowest BCUT2D eigenvalue weighted by molar-refractivity contribution is -0.134. The van der Waals surface area contributed by atoms with Crippen LogP contribution in [0.1, 0.15) is 18.5 Å². The second-order valence-corrected chi connectivity index (χ2v) is 6.00. The minimum absolute atomic E-state index is 0. The molecule has 2 unspecified atom stereocenters. The highest BCUT2D eigenvalue weighted by Gasteiger charge is 2.26. The van der Waals surface area contributed by atoms with Gasteiger partial charge in [0.2, 0.25) is 11.8 Å². The molecule has 8 heteroatoms. The van der Waals surface area contributed by atoms with Crippen molar-refractivity contribution in [3.63, 3.8) is 0 Å². The second-order valence-electron chi connectivity index (χ2n) is 6.00. The number of nitrogens with one attached hydrogen (secondary N) is 2. The van der Waals surface area contributed by atoms with Crippen LogP contribution in [0.25, 0.3) is 0 Å². The van der Waals surface area contributed by atoms with Crippen molar-refractivity contribution in [2.45, 2.75) is 19.0 Å². The number of likely N-dealkylation sites (N-methyl/N-ethyl adjacent to an activating group) is 1. The Bertz CT molecular complexity index is 541. The van der Waals surface area contributed by atoms with E-state index in [2.05, 4.69) is 20.5 Å². The molecule has 1 aliphatic heterocycles. The summed E-state index contributed by atoms with van der Waals surface area (Å²) in [5.74, 6) is -0.244. The SMILES string of the molecule is CC(NC(=O)CN1CCNCC1c1cccnc1)C(=O)N(C)C.Cl. The summed E-state index contributed by atoms with van der Waals surface area (Å²) in [6, 6.07) is 3.52. The minimum atomic E-state index is -0.516. The van der Waals surface area contributed by atoms with Gasteiger partial charge in [0, 0.05) is 52.2 Å². The third kappa shape index (κ3) is 5.43. The fraction of sp³-hybridized carbons (Fsp3) is 0.562. The zero-order valence-electron chi connectivity index (χ0n) is 14.4. The molecule has 134 valence electrons. The molecule has 1 saturated heterocycles. The number of rotatable bonds is 5. The smallest absolute Gasteiger partial charge is 0.244 e. The molecule has 0 aliphatic carbocycles. The number of hydrogen-bond acceptors (Lipinski definition) is 5. The monoisotopic (exact) mass is 355 g/mol. The lowest BCUT2D eigenvalue weighted by Crippen LogP contribution is -2.52. The standard InChI is InChI=1S/C16H25N5O2.ClH/c1-12(16(23)20(2)3)19-15(22)11-21-8-7-18-10-14(21)13-5-4-6-17-9-13;/h4-6,9,12,14,18H,7-8,10-11H2,1-3H3,(H,19,22);1H. The number of nitrogens with zero attached hydrogens (tertiary/aromatic N) is 3. The van der Waals surface area contributed by atoms with Crippen LogP contribution in [0, 0.1) is 0 Å². The highest BCUT2D eigenvalue weighted by molar-refractivity contribution is 5.87. The number of carbonyl (C=O) groups is 2. The van der Waals surface area contributed by atoms with Crippen LogP contribution < -0.4 is 10.6 Å². The van der Waals surface area contributed by atoms with Gasteiger partial charge in [-0.25, -0.2) is 0 Å². The quantitative estimate of drug-likeness (QED) is 0.780. The van der Waals surface area contributed by atoms with E-state index in [4.69, 9.17) is 0 Å². The Kier molecular flexibility index (Phi) is 8.10. The van der Waals surface area contributed by atoms with Crippen molar-refractivity contribution in [1.82, 2.24) is 25.4 Å². The number of pyridine rings is 1. The van der Waals surface area contributed by atoms with Gasteiger partial charge < -0.3 is 15.5 Å². The van der Waals surface area contributed by atoms with Crippen LogP contribution in [0.4, 0.5) is 0 Å². The van der Waals surface area contributed by atoms with Crippen molar-refractivity contribution in [2.24, 2.45) is 0 Å². The molecule has 0 radical (unpaired) electrons. The van der Waals surface area contributed by atoms with Crippen molar-refractivity contribution in [3.8, 4) is 0 Å². The normalized spacial score (nSPS) is 19.0. The number of aromatic nitrogens is 1. The molecular formula is C16H26ClN5O2. The van der Waals surface area contributed by atoms with Gasteiger partial charge in [0.25, 0.3) is 0 Å². The predicted molar refractivity (Wildman–Crippen MR) is 95.0 cm³/mol. The minimum Gasteiger partial charge on any atom is -0.347 e. The molecule has 2 amide bonds. The molecule has 2 heterocycles. The topological polar surface area (TPSA) is 77.6 Å². The van der Waals surface area contributed by atoms with Gasteiger partial charge in [0.1, 0.15) is 6.04 Å². The third-order valence-electron chi connectivity index (χ3n) is 3.96. The maximum atomic E-state index is 12.3. The third-order valence-corrected chi connectivity index (χ3v) is 3.96. The number of carbonyl (C=O) groups excluding carboxylic acids is 2. The van der Waals surface area contributed by atoms with E-state index in [0.29, 0.717) is 0 Å². The summed E-state index contributed by atoms with van der Waals surface area (Å²) in [6.45, 7) is 4.38. The first-order chi connectivity index (χ1) is 11.0. The molecule has 1 aliphatic rings. The van der Waals surface area contributed by atoms with Crippen molar-refractivity contribution in [1.29, 1.82) is 0 Å². The predicted octanol–water partition coefficient (Wildman–Crippen LogP) is 0.0426. The summed E-state index contributed by atoms with van der Waals surface area (Å²) in [4.78, 5) is 31.9. The molecule has 0 bridgehead atoms. The van der Waals surface area contributed by atoms with Crippen LogP contribution in [0.3, 0.4) is 0 Å². The first-order valence-corrected chi connectivity index (χ1v) is 7.84. The summed E-state index contributed by atoms with van der Waals surface area (Å²) in [5.41, 5.74) is 1.09. The van der Waals surface area contributed by atoms with Gasteiger partial charge in [-0.1, -0.05) is 6.07 Å². The average molecular weight is 356 g/mol. The molecular weight excluding hydrogens is 330 g/mol. The van der Waals surface area contributed by atoms with Crippen molar-refractivity contribution < 1.29 is 9.59 Å². The number of halogens is 1. The summed E-state index contributed by atoms with van der Waals surface area (Å²) in [5, 5.41) is 6.12. The molecule has 1 aromatic rings. The van der Waals surface area contributed by atoms with E-state index in [-0.39, 0.29) is 36.8 Å².